The largest absolute Gasteiger partial charge is 0.493 e. The number of nitrogens with zero attached hydrogens (tertiary/aromatic N) is 1. The highest BCUT2D eigenvalue weighted by Crippen LogP contribution is 2.34. The maximum absolute atomic E-state index is 13.7. The SMILES string of the molecule is COCCCN1C(=O)COc2ccc(COC3CNCCC3c3ccc(OCCCOc4ccccc4F)cc3)cc21. The number of benzene rings is 3. The van der Waals surface area contributed by atoms with Crippen LogP contribution < -0.4 is 24.4 Å². The summed E-state index contributed by atoms with van der Waals surface area (Å²) in [7, 11) is 1.66. The molecule has 2 aliphatic heterocycles. The third-order valence-electron chi connectivity index (χ3n) is 7.55. The summed E-state index contributed by atoms with van der Waals surface area (Å²) in [5.41, 5.74) is 3.00. The summed E-state index contributed by atoms with van der Waals surface area (Å²) in [6.45, 7) is 4.23. The number of piperidine rings is 1. The first-order valence-corrected chi connectivity index (χ1v) is 14.6. The van der Waals surface area contributed by atoms with Crippen molar-refractivity contribution < 1.29 is 32.9 Å². The number of carbonyl (C=O) groups is 1. The topological polar surface area (TPSA) is 78.5 Å². The van der Waals surface area contributed by atoms with E-state index < -0.39 is 0 Å². The van der Waals surface area contributed by atoms with Gasteiger partial charge < -0.3 is 33.9 Å². The number of rotatable bonds is 14. The number of halogens is 1. The van der Waals surface area contributed by atoms with Crippen LogP contribution in [0.25, 0.3) is 0 Å². The summed E-state index contributed by atoms with van der Waals surface area (Å²) in [5, 5.41) is 3.46. The Balaban J connectivity index is 1.13. The van der Waals surface area contributed by atoms with Crippen molar-refractivity contribution in [3.05, 3.63) is 83.7 Å². The predicted octanol–water partition coefficient (Wildman–Crippen LogP) is 5.10. The minimum atomic E-state index is -0.358. The normalized spacial score (nSPS) is 18.3. The molecule has 3 aromatic carbocycles. The molecule has 8 nitrogen and oxygen atoms in total. The Labute approximate surface area is 246 Å². The maximum atomic E-state index is 13.7. The zero-order chi connectivity index (χ0) is 29.1. The molecule has 0 bridgehead atoms. The molecule has 0 radical (unpaired) electrons. The fourth-order valence-electron chi connectivity index (χ4n) is 5.34. The zero-order valence-corrected chi connectivity index (χ0v) is 24.1. The second-order valence-corrected chi connectivity index (χ2v) is 10.5. The van der Waals surface area contributed by atoms with E-state index in [-0.39, 0.29) is 36.1 Å². The van der Waals surface area contributed by atoms with Gasteiger partial charge in [-0.3, -0.25) is 4.79 Å². The molecule has 0 saturated carbocycles. The molecular formula is C33H39FN2O6. The molecule has 0 spiro atoms. The molecule has 0 aromatic heterocycles. The van der Waals surface area contributed by atoms with Gasteiger partial charge in [0.05, 0.1) is 31.6 Å². The lowest BCUT2D eigenvalue weighted by molar-refractivity contribution is -0.121. The molecule has 3 aromatic rings. The number of hydrogen-bond acceptors (Lipinski definition) is 7. The fourth-order valence-corrected chi connectivity index (χ4v) is 5.34. The molecule has 1 fully saturated rings. The maximum Gasteiger partial charge on any atom is 0.265 e. The highest BCUT2D eigenvalue weighted by molar-refractivity contribution is 5.97. The van der Waals surface area contributed by atoms with Crippen LogP contribution in [-0.4, -0.2) is 65.2 Å². The van der Waals surface area contributed by atoms with Gasteiger partial charge in [0.25, 0.3) is 5.91 Å². The van der Waals surface area contributed by atoms with Crippen molar-refractivity contribution in [2.24, 2.45) is 0 Å². The molecule has 5 rings (SSSR count). The molecule has 224 valence electrons. The van der Waals surface area contributed by atoms with Gasteiger partial charge in [-0.1, -0.05) is 30.3 Å². The van der Waals surface area contributed by atoms with Crippen LogP contribution in [0.4, 0.5) is 10.1 Å². The second kappa shape index (κ2) is 15.0. The van der Waals surface area contributed by atoms with Crippen molar-refractivity contribution in [2.45, 2.75) is 37.9 Å². The first-order chi connectivity index (χ1) is 20.6. The lowest BCUT2D eigenvalue weighted by atomic mass is 9.87. The van der Waals surface area contributed by atoms with E-state index in [1.165, 1.54) is 11.6 Å². The summed E-state index contributed by atoms with van der Waals surface area (Å²) in [6, 6.07) is 20.5. The minimum absolute atomic E-state index is 0.00719. The number of amides is 1. The van der Waals surface area contributed by atoms with Gasteiger partial charge in [0.15, 0.2) is 18.2 Å². The molecule has 1 amide bonds. The molecule has 1 saturated heterocycles. The number of methoxy groups -OCH3 is 1. The van der Waals surface area contributed by atoms with Crippen LogP contribution in [0.5, 0.6) is 17.2 Å². The summed E-state index contributed by atoms with van der Waals surface area (Å²) >= 11 is 0. The van der Waals surface area contributed by atoms with Crippen LogP contribution in [0.3, 0.4) is 0 Å². The average Bonchev–Trinajstić information content (AvgIpc) is 3.02. The van der Waals surface area contributed by atoms with Crippen LogP contribution in [0.2, 0.25) is 0 Å². The first kappa shape index (κ1) is 29.8. The van der Waals surface area contributed by atoms with E-state index in [4.69, 9.17) is 23.7 Å². The summed E-state index contributed by atoms with van der Waals surface area (Å²) in [4.78, 5) is 14.3. The Kier molecular flexibility index (Phi) is 10.6. The number of fused-ring (bicyclic) bond motifs is 1. The van der Waals surface area contributed by atoms with Gasteiger partial charge >= 0.3 is 0 Å². The van der Waals surface area contributed by atoms with Gasteiger partial charge in [0.1, 0.15) is 11.5 Å². The molecular weight excluding hydrogens is 539 g/mol. The van der Waals surface area contributed by atoms with Crippen molar-refractivity contribution in [1.29, 1.82) is 0 Å². The molecule has 1 N–H and O–H groups in total. The van der Waals surface area contributed by atoms with Gasteiger partial charge in [0, 0.05) is 39.1 Å². The molecule has 2 atom stereocenters. The Morgan fingerprint density at radius 3 is 2.67 bits per heavy atom. The summed E-state index contributed by atoms with van der Waals surface area (Å²) in [5.74, 6) is 1.61. The predicted molar refractivity (Wildman–Crippen MR) is 158 cm³/mol. The number of para-hydroxylation sites is 1. The third kappa shape index (κ3) is 7.79. The van der Waals surface area contributed by atoms with Crippen molar-refractivity contribution in [3.8, 4) is 17.2 Å². The summed E-state index contributed by atoms with van der Waals surface area (Å²) < 4.78 is 42.3. The van der Waals surface area contributed by atoms with E-state index in [2.05, 4.69) is 17.4 Å². The number of anilines is 1. The lowest BCUT2D eigenvalue weighted by Gasteiger charge is -2.33. The van der Waals surface area contributed by atoms with E-state index in [1.807, 2.05) is 30.3 Å². The van der Waals surface area contributed by atoms with Gasteiger partial charge in [-0.25, -0.2) is 4.39 Å². The van der Waals surface area contributed by atoms with E-state index in [9.17, 15) is 9.18 Å². The van der Waals surface area contributed by atoms with Crippen molar-refractivity contribution in [2.75, 3.05) is 58.1 Å². The quantitative estimate of drug-likeness (QED) is 0.267. The second-order valence-electron chi connectivity index (χ2n) is 10.5. The van der Waals surface area contributed by atoms with Gasteiger partial charge in [0.2, 0.25) is 0 Å². The molecule has 2 heterocycles. The summed E-state index contributed by atoms with van der Waals surface area (Å²) in [6.07, 6.45) is 2.38. The molecule has 42 heavy (non-hydrogen) atoms. The molecule has 2 aliphatic rings. The Morgan fingerprint density at radius 2 is 1.83 bits per heavy atom. The zero-order valence-electron chi connectivity index (χ0n) is 24.1. The Morgan fingerprint density at radius 1 is 1.00 bits per heavy atom. The number of ether oxygens (including phenoxy) is 5. The fraction of sp³-hybridized carbons (Fsp3) is 0.424. The van der Waals surface area contributed by atoms with Crippen molar-refractivity contribution in [1.82, 2.24) is 5.32 Å². The molecule has 0 aliphatic carbocycles. The van der Waals surface area contributed by atoms with Crippen LogP contribution in [0.15, 0.2) is 66.7 Å². The van der Waals surface area contributed by atoms with Crippen LogP contribution in [0.1, 0.15) is 36.3 Å². The van der Waals surface area contributed by atoms with Gasteiger partial charge in [-0.15, -0.1) is 0 Å². The smallest absolute Gasteiger partial charge is 0.265 e. The average molecular weight is 579 g/mol. The highest BCUT2D eigenvalue weighted by atomic mass is 19.1. The van der Waals surface area contributed by atoms with Crippen molar-refractivity contribution in [3.63, 3.8) is 0 Å². The highest BCUT2D eigenvalue weighted by Gasteiger charge is 2.28. The van der Waals surface area contributed by atoms with Crippen LogP contribution in [-0.2, 0) is 20.9 Å². The van der Waals surface area contributed by atoms with Gasteiger partial charge in [-0.05, 0) is 66.9 Å². The van der Waals surface area contributed by atoms with E-state index in [1.54, 1.807) is 30.2 Å². The van der Waals surface area contributed by atoms with Crippen molar-refractivity contribution >= 4 is 11.6 Å². The number of nitrogens with one attached hydrogen (secondary N) is 1. The van der Waals surface area contributed by atoms with E-state index in [0.29, 0.717) is 45.1 Å². The monoisotopic (exact) mass is 578 g/mol. The standard InChI is InChI=1S/C33H39FN2O6/c1-38-17-4-16-36-29-20-24(8-13-31(29)42-23-33(36)37)22-41-32-21-35-15-14-27(32)25-9-11-26(12-10-25)39-18-5-19-40-30-7-3-2-6-28(30)34/h2-3,6-13,20,27,32,35H,4-5,14-19,21-23H2,1H3. The lowest BCUT2D eigenvalue weighted by Crippen LogP contribution is -2.41. The van der Waals surface area contributed by atoms with Crippen LogP contribution >= 0.6 is 0 Å². The van der Waals surface area contributed by atoms with Gasteiger partial charge in [-0.2, -0.15) is 0 Å². The molecule has 9 heteroatoms. The number of carbonyl (C=O) groups excluding carboxylic acids is 1. The van der Waals surface area contributed by atoms with E-state index >= 15 is 0 Å². The minimum Gasteiger partial charge on any atom is -0.493 e. The van der Waals surface area contributed by atoms with Crippen LogP contribution in [0, 0.1) is 5.82 Å². The number of hydrogen-bond donors (Lipinski definition) is 1. The third-order valence-corrected chi connectivity index (χ3v) is 7.55. The molecule has 2 unspecified atom stereocenters. The van der Waals surface area contributed by atoms with E-state index in [0.717, 1.165) is 42.9 Å². The first-order valence-electron chi connectivity index (χ1n) is 14.6. The Hall–Kier alpha value is -3.66. The Bertz CT molecular complexity index is 1300.